The fourth-order valence-electron chi connectivity index (χ4n) is 3.33. The summed E-state index contributed by atoms with van der Waals surface area (Å²) in [6.07, 6.45) is 0.842. The monoisotopic (exact) mass is 325 g/mol. The minimum atomic E-state index is -0.0528. The lowest BCUT2D eigenvalue weighted by atomic mass is 9.95. The number of carbonyl (C=O) groups is 1. The number of carbonyl (C=O) groups excluding carboxylic acids is 1. The summed E-state index contributed by atoms with van der Waals surface area (Å²) in [6.45, 7) is 3.48. The molecule has 1 N–H and O–H groups in total. The molecule has 0 saturated carbocycles. The number of ether oxygens (including phenoxy) is 1. The van der Waals surface area contributed by atoms with Crippen LogP contribution in [0.1, 0.15) is 39.9 Å². The van der Waals surface area contributed by atoms with Gasteiger partial charge in [0.25, 0.3) is 5.91 Å². The van der Waals surface area contributed by atoms with Crippen LogP contribution >= 0.6 is 0 Å². The highest BCUT2D eigenvalue weighted by molar-refractivity contribution is 5.94. The predicted molar refractivity (Wildman–Crippen MR) is 93.4 cm³/mol. The fraction of sp³-hybridized carbons (Fsp3) is 0.350. The molecule has 1 heterocycles. The summed E-state index contributed by atoms with van der Waals surface area (Å²) in [5.74, 6) is 1.13. The standard InChI is InChI=1S/C20H23NO3/c1-14-12-21(20(23)17-5-3-4-15(10-17)13-22)9-8-16-6-7-18(24-2)11-19(14)16/h3-7,10-11,14,22H,8-9,12-13H2,1-2H3. The third kappa shape index (κ3) is 3.29. The van der Waals surface area contributed by atoms with Crippen LogP contribution in [0.25, 0.3) is 0 Å². The molecule has 0 spiro atoms. The zero-order valence-corrected chi connectivity index (χ0v) is 14.2. The number of aliphatic hydroxyl groups is 1. The van der Waals surface area contributed by atoms with E-state index in [1.165, 1.54) is 11.1 Å². The Balaban J connectivity index is 1.83. The van der Waals surface area contributed by atoms with E-state index in [1.807, 2.05) is 29.2 Å². The van der Waals surface area contributed by atoms with Crippen molar-refractivity contribution in [1.29, 1.82) is 0 Å². The molecule has 3 rings (SSSR count). The molecule has 0 radical (unpaired) electrons. The molecule has 1 aliphatic heterocycles. The molecule has 0 saturated heterocycles. The third-order valence-corrected chi connectivity index (χ3v) is 4.67. The Kier molecular flexibility index (Phi) is 4.86. The van der Waals surface area contributed by atoms with Crippen LogP contribution < -0.4 is 4.74 Å². The molecule has 1 atom stereocenters. The van der Waals surface area contributed by atoms with Crippen LogP contribution in [-0.2, 0) is 13.0 Å². The maximum atomic E-state index is 12.9. The van der Waals surface area contributed by atoms with Crippen molar-refractivity contribution >= 4 is 5.91 Å². The highest BCUT2D eigenvalue weighted by Gasteiger charge is 2.24. The van der Waals surface area contributed by atoms with Crippen molar-refractivity contribution in [2.75, 3.05) is 20.2 Å². The van der Waals surface area contributed by atoms with Gasteiger partial charge in [0.2, 0.25) is 0 Å². The summed E-state index contributed by atoms with van der Waals surface area (Å²) < 4.78 is 5.33. The molecular weight excluding hydrogens is 302 g/mol. The zero-order valence-electron chi connectivity index (χ0n) is 14.2. The SMILES string of the molecule is COc1ccc2c(c1)C(C)CN(C(=O)c1cccc(CO)c1)CC2. The van der Waals surface area contributed by atoms with Crippen LogP contribution in [0.2, 0.25) is 0 Å². The zero-order chi connectivity index (χ0) is 17.1. The van der Waals surface area contributed by atoms with Gasteiger partial charge in [0.15, 0.2) is 0 Å². The molecule has 1 aliphatic rings. The number of amides is 1. The Morgan fingerprint density at radius 3 is 2.88 bits per heavy atom. The molecule has 126 valence electrons. The van der Waals surface area contributed by atoms with Gasteiger partial charge in [-0.3, -0.25) is 4.79 Å². The minimum Gasteiger partial charge on any atom is -0.497 e. The lowest BCUT2D eigenvalue weighted by Crippen LogP contribution is -2.34. The van der Waals surface area contributed by atoms with E-state index in [0.29, 0.717) is 18.7 Å². The van der Waals surface area contributed by atoms with Crippen LogP contribution in [0.4, 0.5) is 0 Å². The van der Waals surface area contributed by atoms with E-state index in [0.717, 1.165) is 17.7 Å². The number of hydrogen-bond acceptors (Lipinski definition) is 3. The maximum absolute atomic E-state index is 12.9. The van der Waals surface area contributed by atoms with Crippen molar-refractivity contribution in [2.24, 2.45) is 0 Å². The Morgan fingerprint density at radius 2 is 2.12 bits per heavy atom. The van der Waals surface area contributed by atoms with Crippen molar-refractivity contribution in [2.45, 2.75) is 25.9 Å². The van der Waals surface area contributed by atoms with E-state index < -0.39 is 0 Å². The third-order valence-electron chi connectivity index (χ3n) is 4.67. The van der Waals surface area contributed by atoms with Crippen LogP contribution in [0, 0.1) is 0 Å². The topological polar surface area (TPSA) is 49.8 Å². The Bertz CT molecular complexity index is 741. The van der Waals surface area contributed by atoms with Crippen molar-refractivity contribution in [3.8, 4) is 5.75 Å². The second kappa shape index (κ2) is 7.05. The largest absolute Gasteiger partial charge is 0.497 e. The van der Waals surface area contributed by atoms with E-state index in [9.17, 15) is 9.90 Å². The average Bonchev–Trinajstić information content (AvgIpc) is 2.80. The number of hydrogen-bond donors (Lipinski definition) is 1. The smallest absolute Gasteiger partial charge is 0.253 e. The number of rotatable bonds is 3. The second-order valence-corrected chi connectivity index (χ2v) is 6.33. The van der Waals surface area contributed by atoms with Gasteiger partial charge in [-0.05, 0) is 53.3 Å². The van der Waals surface area contributed by atoms with Gasteiger partial charge in [0.05, 0.1) is 13.7 Å². The quantitative estimate of drug-likeness (QED) is 0.944. The first-order valence-electron chi connectivity index (χ1n) is 8.28. The van der Waals surface area contributed by atoms with Crippen molar-refractivity contribution in [3.05, 3.63) is 64.7 Å². The van der Waals surface area contributed by atoms with Crippen molar-refractivity contribution in [3.63, 3.8) is 0 Å². The van der Waals surface area contributed by atoms with Crippen LogP contribution in [0.15, 0.2) is 42.5 Å². The molecule has 0 aliphatic carbocycles. The molecule has 4 heteroatoms. The van der Waals surface area contributed by atoms with Gasteiger partial charge in [-0.1, -0.05) is 25.1 Å². The van der Waals surface area contributed by atoms with Gasteiger partial charge >= 0.3 is 0 Å². The summed E-state index contributed by atoms with van der Waals surface area (Å²) in [5.41, 5.74) is 3.94. The molecule has 1 unspecified atom stereocenters. The molecule has 0 aromatic heterocycles. The highest BCUT2D eigenvalue weighted by Crippen LogP contribution is 2.29. The summed E-state index contributed by atoms with van der Waals surface area (Å²) in [7, 11) is 1.67. The number of fused-ring (bicyclic) bond motifs is 1. The number of methoxy groups -OCH3 is 1. The molecule has 1 amide bonds. The highest BCUT2D eigenvalue weighted by atomic mass is 16.5. The summed E-state index contributed by atoms with van der Waals surface area (Å²) >= 11 is 0. The number of nitrogens with zero attached hydrogens (tertiary/aromatic N) is 1. The molecule has 24 heavy (non-hydrogen) atoms. The average molecular weight is 325 g/mol. The van der Waals surface area contributed by atoms with Crippen LogP contribution in [-0.4, -0.2) is 36.1 Å². The number of aliphatic hydroxyl groups excluding tert-OH is 1. The Morgan fingerprint density at radius 1 is 1.29 bits per heavy atom. The first-order chi connectivity index (χ1) is 11.6. The fourth-order valence-corrected chi connectivity index (χ4v) is 3.33. The lowest BCUT2D eigenvalue weighted by molar-refractivity contribution is 0.0754. The van der Waals surface area contributed by atoms with E-state index in [2.05, 4.69) is 19.1 Å². The first kappa shape index (κ1) is 16.5. The summed E-state index contributed by atoms with van der Waals surface area (Å²) in [4.78, 5) is 14.8. The predicted octanol–water partition coefficient (Wildman–Crippen LogP) is 2.99. The van der Waals surface area contributed by atoms with Gasteiger partial charge in [0, 0.05) is 18.7 Å². The molecule has 4 nitrogen and oxygen atoms in total. The van der Waals surface area contributed by atoms with Crippen LogP contribution in [0.5, 0.6) is 5.75 Å². The van der Waals surface area contributed by atoms with Crippen LogP contribution in [0.3, 0.4) is 0 Å². The second-order valence-electron chi connectivity index (χ2n) is 6.33. The first-order valence-corrected chi connectivity index (χ1v) is 8.28. The van der Waals surface area contributed by atoms with E-state index in [4.69, 9.17) is 4.74 Å². The van der Waals surface area contributed by atoms with Gasteiger partial charge in [0.1, 0.15) is 5.75 Å². The van der Waals surface area contributed by atoms with Gasteiger partial charge < -0.3 is 14.7 Å². The molecule has 0 fully saturated rings. The van der Waals surface area contributed by atoms with E-state index in [-0.39, 0.29) is 18.4 Å². The van der Waals surface area contributed by atoms with Gasteiger partial charge in [-0.15, -0.1) is 0 Å². The Hall–Kier alpha value is -2.33. The summed E-state index contributed by atoms with van der Waals surface area (Å²) in [5, 5.41) is 9.27. The van der Waals surface area contributed by atoms with Gasteiger partial charge in [-0.2, -0.15) is 0 Å². The van der Waals surface area contributed by atoms with Crippen molar-refractivity contribution < 1.29 is 14.6 Å². The number of benzene rings is 2. The van der Waals surface area contributed by atoms with E-state index in [1.54, 1.807) is 13.2 Å². The molecular formula is C20H23NO3. The molecule has 2 aromatic carbocycles. The molecule has 0 bridgehead atoms. The van der Waals surface area contributed by atoms with E-state index >= 15 is 0 Å². The Labute approximate surface area is 142 Å². The normalized spacial score (nSPS) is 17.1. The maximum Gasteiger partial charge on any atom is 0.253 e. The lowest BCUT2D eigenvalue weighted by Gasteiger charge is -2.23. The van der Waals surface area contributed by atoms with Gasteiger partial charge in [-0.25, -0.2) is 0 Å². The molecule has 2 aromatic rings. The summed E-state index contributed by atoms with van der Waals surface area (Å²) in [6, 6.07) is 13.4. The minimum absolute atomic E-state index is 0.0249. The van der Waals surface area contributed by atoms with Crippen molar-refractivity contribution in [1.82, 2.24) is 4.90 Å².